The molecule has 3 atom stereocenters. The largest absolute Gasteiger partial charge is 0.386 e. The predicted octanol–water partition coefficient (Wildman–Crippen LogP) is 1.85. The second kappa shape index (κ2) is 7.00. The van der Waals surface area contributed by atoms with Gasteiger partial charge in [0.15, 0.2) is 0 Å². The van der Waals surface area contributed by atoms with Crippen molar-refractivity contribution in [3.05, 3.63) is 35.6 Å². The van der Waals surface area contributed by atoms with E-state index in [1.807, 2.05) is 0 Å². The molecule has 116 valence electrons. The van der Waals surface area contributed by atoms with E-state index in [0.717, 1.165) is 19.4 Å². The molecule has 1 aliphatic heterocycles. The summed E-state index contributed by atoms with van der Waals surface area (Å²) >= 11 is 0. The first-order valence-electron chi connectivity index (χ1n) is 7.44. The molecule has 1 aromatic rings. The van der Waals surface area contributed by atoms with E-state index in [9.17, 15) is 14.3 Å². The number of nitrogens with one attached hydrogen (secondary N) is 1. The number of halogens is 1. The van der Waals surface area contributed by atoms with Crippen LogP contribution in [0.4, 0.5) is 4.39 Å². The fourth-order valence-electron chi connectivity index (χ4n) is 2.74. The summed E-state index contributed by atoms with van der Waals surface area (Å²) in [7, 11) is 0. The Balaban J connectivity index is 1.86. The summed E-state index contributed by atoms with van der Waals surface area (Å²) < 4.78 is 12.9. The van der Waals surface area contributed by atoms with Crippen LogP contribution < -0.4 is 5.32 Å². The maximum absolute atomic E-state index is 12.9. The van der Waals surface area contributed by atoms with Crippen LogP contribution in [-0.2, 0) is 4.79 Å². The number of amides is 1. The summed E-state index contributed by atoms with van der Waals surface area (Å²) in [4.78, 5) is 14.2. The molecule has 0 bridgehead atoms. The summed E-state index contributed by atoms with van der Waals surface area (Å²) in [6, 6.07) is 5.70. The number of aliphatic hydroxyl groups is 1. The van der Waals surface area contributed by atoms with Crippen molar-refractivity contribution >= 4 is 5.91 Å². The number of aliphatic hydroxyl groups excluding tert-OH is 1. The van der Waals surface area contributed by atoms with Crippen molar-refractivity contribution in [3.8, 4) is 0 Å². The molecule has 21 heavy (non-hydrogen) atoms. The van der Waals surface area contributed by atoms with E-state index in [4.69, 9.17) is 0 Å². The van der Waals surface area contributed by atoms with Crippen molar-refractivity contribution in [1.29, 1.82) is 0 Å². The Bertz CT molecular complexity index is 478. The smallest absolute Gasteiger partial charge is 0.234 e. The standard InChI is InChI=1S/C16H23FN2O2/c1-11-4-3-9-19(11)10-15(20)18-12(2)16(21)13-5-7-14(17)8-6-13/h5-8,11-12,16,21H,3-4,9-10H2,1-2H3,(H,18,20). The normalized spacial score (nSPS) is 22.0. The number of hydrogen-bond donors (Lipinski definition) is 2. The summed E-state index contributed by atoms with van der Waals surface area (Å²) in [5.74, 6) is -0.428. The molecule has 3 unspecified atom stereocenters. The first kappa shape index (κ1) is 15.9. The van der Waals surface area contributed by atoms with Crippen molar-refractivity contribution in [2.45, 2.75) is 44.9 Å². The lowest BCUT2D eigenvalue weighted by Crippen LogP contribution is -2.44. The minimum atomic E-state index is -0.842. The van der Waals surface area contributed by atoms with Gasteiger partial charge >= 0.3 is 0 Å². The fraction of sp³-hybridized carbons (Fsp3) is 0.562. The molecule has 2 N–H and O–H groups in total. The van der Waals surface area contributed by atoms with E-state index in [-0.39, 0.29) is 11.7 Å². The van der Waals surface area contributed by atoms with Crippen LogP contribution in [0.5, 0.6) is 0 Å². The Morgan fingerprint density at radius 1 is 1.48 bits per heavy atom. The quantitative estimate of drug-likeness (QED) is 0.871. The molecule has 1 heterocycles. The van der Waals surface area contributed by atoms with Crippen molar-refractivity contribution in [2.75, 3.05) is 13.1 Å². The van der Waals surface area contributed by atoms with Gasteiger partial charge < -0.3 is 10.4 Å². The molecule has 1 amide bonds. The van der Waals surface area contributed by atoms with Gasteiger partial charge in [0.05, 0.1) is 18.7 Å². The van der Waals surface area contributed by atoms with E-state index in [1.165, 1.54) is 24.3 Å². The molecular formula is C16H23FN2O2. The van der Waals surface area contributed by atoms with E-state index >= 15 is 0 Å². The topological polar surface area (TPSA) is 52.6 Å². The molecule has 1 aliphatic rings. The Hall–Kier alpha value is -1.46. The minimum absolute atomic E-state index is 0.0857. The maximum atomic E-state index is 12.9. The third-order valence-corrected chi connectivity index (χ3v) is 4.11. The van der Waals surface area contributed by atoms with Gasteiger partial charge in [0.25, 0.3) is 0 Å². The van der Waals surface area contributed by atoms with Crippen molar-refractivity contribution in [3.63, 3.8) is 0 Å². The number of carbonyl (C=O) groups excluding carboxylic acids is 1. The Morgan fingerprint density at radius 2 is 2.14 bits per heavy atom. The van der Waals surface area contributed by atoms with Gasteiger partial charge in [-0.25, -0.2) is 4.39 Å². The van der Waals surface area contributed by atoms with Crippen molar-refractivity contribution in [1.82, 2.24) is 10.2 Å². The Labute approximate surface area is 125 Å². The second-order valence-corrected chi connectivity index (χ2v) is 5.81. The zero-order chi connectivity index (χ0) is 15.4. The zero-order valence-corrected chi connectivity index (χ0v) is 12.6. The van der Waals surface area contributed by atoms with Crippen LogP contribution in [0, 0.1) is 5.82 Å². The van der Waals surface area contributed by atoms with E-state index in [2.05, 4.69) is 17.1 Å². The highest BCUT2D eigenvalue weighted by atomic mass is 19.1. The number of benzene rings is 1. The highest BCUT2D eigenvalue weighted by Crippen LogP contribution is 2.18. The minimum Gasteiger partial charge on any atom is -0.386 e. The molecule has 0 radical (unpaired) electrons. The third-order valence-electron chi connectivity index (χ3n) is 4.11. The average Bonchev–Trinajstić information content (AvgIpc) is 2.84. The van der Waals surface area contributed by atoms with Crippen molar-refractivity contribution in [2.24, 2.45) is 0 Å². The van der Waals surface area contributed by atoms with E-state index < -0.39 is 12.1 Å². The molecule has 0 aromatic heterocycles. The number of likely N-dealkylation sites (tertiary alicyclic amines) is 1. The molecule has 0 spiro atoms. The first-order valence-corrected chi connectivity index (χ1v) is 7.44. The highest BCUT2D eigenvalue weighted by Gasteiger charge is 2.24. The van der Waals surface area contributed by atoms with Gasteiger partial charge in [0, 0.05) is 6.04 Å². The van der Waals surface area contributed by atoms with E-state index in [0.29, 0.717) is 18.2 Å². The second-order valence-electron chi connectivity index (χ2n) is 5.81. The molecule has 5 heteroatoms. The molecule has 2 rings (SSSR count). The van der Waals surface area contributed by atoms with Gasteiger partial charge in [-0.3, -0.25) is 9.69 Å². The summed E-state index contributed by atoms with van der Waals surface area (Å²) in [5.41, 5.74) is 0.596. The van der Waals surface area contributed by atoms with Gasteiger partial charge in [0.1, 0.15) is 5.82 Å². The molecular weight excluding hydrogens is 271 g/mol. The molecule has 1 fully saturated rings. The predicted molar refractivity (Wildman–Crippen MR) is 79.2 cm³/mol. The van der Waals surface area contributed by atoms with Crippen LogP contribution in [-0.4, -0.2) is 41.1 Å². The van der Waals surface area contributed by atoms with Crippen LogP contribution in [0.15, 0.2) is 24.3 Å². The highest BCUT2D eigenvalue weighted by molar-refractivity contribution is 5.78. The number of carbonyl (C=O) groups is 1. The number of hydrogen-bond acceptors (Lipinski definition) is 3. The molecule has 4 nitrogen and oxygen atoms in total. The Morgan fingerprint density at radius 3 is 2.71 bits per heavy atom. The maximum Gasteiger partial charge on any atom is 0.234 e. The summed E-state index contributed by atoms with van der Waals surface area (Å²) in [6.45, 7) is 5.18. The van der Waals surface area contributed by atoms with Crippen LogP contribution in [0.2, 0.25) is 0 Å². The van der Waals surface area contributed by atoms with E-state index in [1.54, 1.807) is 6.92 Å². The summed E-state index contributed by atoms with van der Waals surface area (Å²) in [6.07, 6.45) is 1.41. The molecule has 1 aromatic carbocycles. The van der Waals surface area contributed by atoms with Crippen LogP contribution in [0.25, 0.3) is 0 Å². The molecule has 1 saturated heterocycles. The van der Waals surface area contributed by atoms with Gasteiger partial charge in [-0.15, -0.1) is 0 Å². The van der Waals surface area contributed by atoms with Crippen LogP contribution in [0.3, 0.4) is 0 Å². The Kier molecular flexibility index (Phi) is 5.31. The lowest BCUT2D eigenvalue weighted by atomic mass is 10.0. The SMILES string of the molecule is CC(NC(=O)CN1CCCC1C)C(O)c1ccc(F)cc1. The van der Waals surface area contributed by atoms with Gasteiger partial charge in [-0.05, 0) is 50.9 Å². The average molecular weight is 294 g/mol. The van der Waals surface area contributed by atoms with Crippen LogP contribution in [0.1, 0.15) is 38.4 Å². The number of rotatable bonds is 5. The number of nitrogens with zero attached hydrogens (tertiary/aromatic N) is 1. The fourth-order valence-corrected chi connectivity index (χ4v) is 2.74. The summed E-state index contributed by atoms with van der Waals surface area (Å²) in [5, 5.41) is 13.0. The lowest BCUT2D eigenvalue weighted by molar-refractivity contribution is -0.123. The molecule has 0 aliphatic carbocycles. The van der Waals surface area contributed by atoms with Crippen molar-refractivity contribution < 1.29 is 14.3 Å². The van der Waals surface area contributed by atoms with Crippen LogP contribution >= 0.6 is 0 Å². The van der Waals surface area contributed by atoms with Gasteiger partial charge in [0.2, 0.25) is 5.91 Å². The van der Waals surface area contributed by atoms with Gasteiger partial charge in [-0.1, -0.05) is 12.1 Å². The molecule has 0 saturated carbocycles. The monoisotopic (exact) mass is 294 g/mol. The lowest BCUT2D eigenvalue weighted by Gasteiger charge is -2.24. The first-order chi connectivity index (χ1) is 9.97. The zero-order valence-electron chi connectivity index (χ0n) is 12.6. The third kappa shape index (κ3) is 4.25. The van der Waals surface area contributed by atoms with Gasteiger partial charge in [-0.2, -0.15) is 0 Å².